The molecule has 3 heterocycles. The zero-order chi connectivity index (χ0) is 20.9. The number of pyridine rings is 1. The van der Waals surface area contributed by atoms with Crippen LogP contribution in [0.25, 0.3) is 0 Å². The minimum atomic E-state index is -0.267. The minimum Gasteiger partial charge on any atom is -0.368 e. The van der Waals surface area contributed by atoms with Crippen molar-refractivity contribution in [3.05, 3.63) is 65.2 Å². The van der Waals surface area contributed by atoms with Gasteiger partial charge in [0, 0.05) is 32.7 Å². The van der Waals surface area contributed by atoms with E-state index in [9.17, 15) is 4.39 Å². The molecule has 30 heavy (non-hydrogen) atoms. The van der Waals surface area contributed by atoms with Crippen molar-refractivity contribution in [1.82, 2.24) is 19.9 Å². The van der Waals surface area contributed by atoms with Gasteiger partial charge in [0.2, 0.25) is 5.95 Å². The van der Waals surface area contributed by atoms with Gasteiger partial charge in [-0.15, -0.1) is 0 Å². The number of hydrogen-bond donors (Lipinski definition) is 2. The molecule has 0 saturated carbocycles. The smallest absolute Gasteiger partial charge is 0.230 e. The molecule has 1 aliphatic rings. The average molecular weight is 428 g/mol. The zero-order valence-corrected chi connectivity index (χ0v) is 17.4. The number of aromatic nitrogens is 3. The Labute approximate surface area is 179 Å². The van der Waals surface area contributed by atoms with Crippen LogP contribution >= 0.6 is 11.6 Å². The second-order valence-electron chi connectivity index (χ2n) is 7.19. The van der Waals surface area contributed by atoms with E-state index in [-0.39, 0.29) is 5.82 Å². The first-order chi connectivity index (χ1) is 14.6. The van der Waals surface area contributed by atoms with Gasteiger partial charge in [-0.1, -0.05) is 23.7 Å². The van der Waals surface area contributed by atoms with Crippen LogP contribution in [0.5, 0.6) is 0 Å². The number of piperazine rings is 1. The van der Waals surface area contributed by atoms with Crippen molar-refractivity contribution >= 4 is 34.9 Å². The van der Waals surface area contributed by atoms with Crippen molar-refractivity contribution in [2.45, 2.75) is 6.54 Å². The van der Waals surface area contributed by atoms with E-state index >= 15 is 0 Å². The fourth-order valence-corrected chi connectivity index (χ4v) is 3.32. The molecule has 1 aliphatic heterocycles. The van der Waals surface area contributed by atoms with Crippen LogP contribution in [0, 0.1) is 5.82 Å². The first kappa shape index (κ1) is 20.3. The van der Waals surface area contributed by atoms with Gasteiger partial charge < -0.3 is 20.4 Å². The number of nitrogens with zero attached hydrogens (tertiary/aromatic N) is 5. The van der Waals surface area contributed by atoms with Crippen molar-refractivity contribution in [2.24, 2.45) is 0 Å². The number of likely N-dealkylation sites (N-methyl/N-ethyl adjacent to an activating group) is 1. The van der Waals surface area contributed by atoms with E-state index in [4.69, 9.17) is 11.6 Å². The molecule has 9 heteroatoms. The van der Waals surface area contributed by atoms with Gasteiger partial charge in [-0.3, -0.25) is 0 Å². The molecule has 1 fully saturated rings. The van der Waals surface area contributed by atoms with E-state index in [1.165, 1.54) is 18.3 Å². The van der Waals surface area contributed by atoms with Gasteiger partial charge in [-0.2, -0.15) is 4.98 Å². The molecule has 2 N–H and O–H groups in total. The van der Waals surface area contributed by atoms with Gasteiger partial charge in [-0.25, -0.2) is 14.4 Å². The predicted octanol–water partition coefficient (Wildman–Crippen LogP) is 3.77. The summed E-state index contributed by atoms with van der Waals surface area (Å²) in [5.74, 6) is 1.27. The molecule has 0 aliphatic carbocycles. The van der Waals surface area contributed by atoms with E-state index in [1.54, 1.807) is 12.1 Å². The Morgan fingerprint density at radius 1 is 1.00 bits per heavy atom. The maximum Gasteiger partial charge on any atom is 0.230 e. The maximum absolute atomic E-state index is 13.0. The first-order valence-electron chi connectivity index (χ1n) is 9.74. The molecule has 0 radical (unpaired) electrons. The van der Waals surface area contributed by atoms with Crippen LogP contribution in [0.3, 0.4) is 0 Å². The average Bonchev–Trinajstić information content (AvgIpc) is 2.76. The molecule has 0 unspecified atom stereocenters. The lowest BCUT2D eigenvalue weighted by molar-refractivity contribution is 0.313. The van der Waals surface area contributed by atoms with E-state index in [0.29, 0.717) is 29.2 Å². The van der Waals surface area contributed by atoms with Crippen LogP contribution in [0.4, 0.5) is 27.7 Å². The summed E-state index contributed by atoms with van der Waals surface area (Å²) in [6, 6.07) is 10.2. The summed E-state index contributed by atoms with van der Waals surface area (Å²) in [5, 5.41) is 6.66. The molecule has 0 bridgehead atoms. The monoisotopic (exact) mass is 427 g/mol. The summed E-state index contributed by atoms with van der Waals surface area (Å²) in [6.07, 6.45) is 3.39. The number of anilines is 4. The summed E-state index contributed by atoms with van der Waals surface area (Å²) in [5.41, 5.74) is 2.02. The van der Waals surface area contributed by atoms with Gasteiger partial charge in [0.1, 0.15) is 16.7 Å². The Hall–Kier alpha value is -2.97. The second kappa shape index (κ2) is 9.23. The van der Waals surface area contributed by atoms with Crippen LogP contribution in [-0.2, 0) is 6.54 Å². The fraction of sp³-hybridized carbons (Fsp3) is 0.286. The highest BCUT2D eigenvalue weighted by atomic mass is 35.5. The molecule has 0 amide bonds. The topological polar surface area (TPSA) is 69.2 Å². The third kappa shape index (κ3) is 5.14. The molecule has 0 atom stereocenters. The van der Waals surface area contributed by atoms with Crippen LogP contribution in [0.2, 0.25) is 5.02 Å². The summed E-state index contributed by atoms with van der Waals surface area (Å²) in [4.78, 5) is 17.8. The van der Waals surface area contributed by atoms with Gasteiger partial charge >= 0.3 is 0 Å². The number of halogens is 2. The van der Waals surface area contributed by atoms with Crippen molar-refractivity contribution in [3.63, 3.8) is 0 Å². The van der Waals surface area contributed by atoms with Crippen LogP contribution < -0.4 is 15.5 Å². The first-order valence-corrected chi connectivity index (χ1v) is 10.1. The molecule has 1 aromatic carbocycles. The van der Waals surface area contributed by atoms with Crippen LogP contribution in [-0.4, -0.2) is 53.1 Å². The lowest BCUT2D eigenvalue weighted by Gasteiger charge is -2.33. The van der Waals surface area contributed by atoms with E-state index in [2.05, 4.69) is 42.4 Å². The van der Waals surface area contributed by atoms with Gasteiger partial charge in [0.05, 0.1) is 18.1 Å². The van der Waals surface area contributed by atoms with Crippen molar-refractivity contribution in [3.8, 4) is 0 Å². The van der Waals surface area contributed by atoms with Crippen LogP contribution in [0.1, 0.15) is 5.56 Å². The lowest BCUT2D eigenvalue weighted by atomic mass is 10.2. The van der Waals surface area contributed by atoms with Crippen LogP contribution in [0.15, 0.2) is 48.8 Å². The number of hydrogen-bond acceptors (Lipinski definition) is 7. The molecular formula is C21H23ClFN7. The normalized spacial score (nSPS) is 14.6. The minimum absolute atomic E-state index is 0.267. The Morgan fingerprint density at radius 3 is 2.47 bits per heavy atom. The Balaban J connectivity index is 1.39. The van der Waals surface area contributed by atoms with Crippen molar-refractivity contribution < 1.29 is 4.39 Å². The maximum atomic E-state index is 13.0. The fourth-order valence-electron chi connectivity index (χ4n) is 3.17. The molecule has 1 saturated heterocycles. The third-order valence-electron chi connectivity index (χ3n) is 4.97. The summed E-state index contributed by atoms with van der Waals surface area (Å²) < 4.78 is 13.0. The highest BCUT2D eigenvalue weighted by molar-refractivity contribution is 6.32. The number of nitrogens with one attached hydrogen (secondary N) is 2. The van der Waals surface area contributed by atoms with Gasteiger partial charge in [0.15, 0.2) is 5.82 Å². The lowest BCUT2D eigenvalue weighted by Crippen LogP contribution is -2.44. The molecule has 7 nitrogen and oxygen atoms in total. The summed E-state index contributed by atoms with van der Waals surface area (Å²) in [7, 11) is 2.14. The quantitative estimate of drug-likeness (QED) is 0.620. The van der Waals surface area contributed by atoms with E-state index < -0.39 is 0 Å². The van der Waals surface area contributed by atoms with E-state index in [0.717, 1.165) is 37.4 Å². The van der Waals surface area contributed by atoms with Crippen molar-refractivity contribution in [2.75, 3.05) is 48.8 Å². The van der Waals surface area contributed by atoms with Crippen molar-refractivity contribution in [1.29, 1.82) is 0 Å². The summed E-state index contributed by atoms with van der Waals surface area (Å²) >= 11 is 6.21. The Morgan fingerprint density at radius 2 is 1.77 bits per heavy atom. The standard InChI is InChI=1S/C21H23ClFN7/c1-29-8-10-30(11-9-29)17-6-7-19(24-13-17)27-21-26-14-18(22)20(28-21)25-12-15-2-4-16(23)5-3-15/h2-7,13-14H,8-12H2,1H3,(H2,24,25,26,27,28). The predicted molar refractivity (Wildman–Crippen MR) is 118 cm³/mol. The molecule has 4 rings (SSSR count). The SMILES string of the molecule is CN1CCN(c2ccc(Nc3ncc(Cl)c(NCc4ccc(F)cc4)n3)nc2)CC1. The Kier molecular flexibility index (Phi) is 6.25. The Bertz CT molecular complexity index is 974. The molecule has 2 aromatic heterocycles. The highest BCUT2D eigenvalue weighted by Crippen LogP contribution is 2.23. The second-order valence-corrected chi connectivity index (χ2v) is 7.59. The largest absolute Gasteiger partial charge is 0.368 e. The highest BCUT2D eigenvalue weighted by Gasteiger charge is 2.14. The van der Waals surface area contributed by atoms with Gasteiger partial charge in [0.25, 0.3) is 0 Å². The molecule has 3 aromatic rings. The van der Waals surface area contributed by atoms with Gasteiger partial charge in [-0.05, 0) is 36.9 Å². The molecule has 0 spiro atoms. The third-order valence-corrected chi connectivity index (χ3v) is 5.25. The number of benzene rings is 1. The zero-order valence-electron chi connectivity index (χ0n) is 16.6. The molecular weight excluding hydrogens is 405 g/mol. The number of rotatable bonds is 6. The summed E-state index contributed by atoms with van der Waals surface area (Å²) in [6.45, 7) is 4.55. The molecule has 156 valence electrons. The van der Waals surface area contributed by atoms with E-state index in [1.807, 2.05) is 18.3 Å².